The minimum atomic E-state index is -0.352. The maximum absolute atomic E-state index is 12.9. The zero-order chi connectivity index (χ0) is 18.8. The Morgan fingerprint density at radius 1 is 0.778 bits per heavy atom. The zero-order valence-corrected chi connectivity index (χ0v) is 14.4. The minimum Gasteiger partial charge on any atom is -0.294 e. The predicted molar refractivity (Wildman–Crippen MR) is 105 cm³/mol. The molecule has 0 aliphatic heterocycles. The largest absolute Gasteiger partial charge is 0.294 e. The van der Waals surface area contributed by atoms with Crippen LogP contribution in [0.25, 0.3) is 16.5 Å². The first-order chi connectivity index (χ1) is 13.1. The van der Waals surface area contributed by atoms with Crippen LogP contribution in [0.15, 0.2) is 88.5 Å². The van der Waals surface area contributed by atoms with Gasteiger partial charge in [-0.3, -0.25) is 19.5 Å². The molecular formula is C22H16N2O3. The second kappa shape index (κ2) is 6.88. The molecule has 0 saturated heterocycles. The summed E-state index contributed by atoms with van der Waals surface area (Å²) in [5, 5.41) is 3.31. The molecule has 1 heterocycles. The van der Waals surface area contributed by atoms with Crippen LogP contribution in [0.3, 0.4) is 0 Å². The van der Waals surface area contributed by atoms with Gasteiger partial charge in [0.05, 0.1) is 16.5 Å². The molecule has 5 nitrogen and oxygen atoms in total. The van der Waals surface area contributed by atoms with Gasteiger partial charge in [0.1, 0.15) is 0 Å². The van der Waals surface area contributed by atoms with Gasteiger partial charge in [-0.05, 0) is 23.8 Å². The number of Topliss-reactive ketones (excluding diaryl/α,β-unsaturated/α-hetero) is 1. The van der Waals surface area contributed by atoms with Gasteiger partial charge in [-0.1, -0.05) is 60.7 Å². The molecular weight excluding hydrogens is 340 g/mol. The van der Waals surface area contributed by atoms with E-state index in [0.717, 1.165) is 0 Å². The van der Waals surface area contributed by atoms with Crippen LogP contribution < -0.4 is 11.1 Å². The number of nitrogens with one attached hydrogen (secondary N) is 1. The molecule has 132 valence electrons. The molecule has 3 aromatic carbocycles. The fourth-order valence-electron chi connectivity index (χ4n) is 3.15. The van der Waals surface area contributed by atoms with Crippen LogP contribution in [0.2, 0.25) is 0 Å². The summed E-state index contributed by atoms with van der Waals surface area (Å²) in [6.45, 7) is 0. The summed E-state index contributed by atoms with van der Waals surface area (Å²) in [4.78, 5) is 37.9. The van der Waals surface area contributed by atoms with E-state index in [1.54, 1.807) is 60.7 Å². The Kier molecular flexibility index (Phi) is 4.26. The van der Waals surface area contributed by atoms with Crippen molar-refractivity contribution in [3.05, 3.63) is 111 Å². The molecule has 0 bridgehead atoms. The van der Waals surface area contributed by atoms with E-state index >= 15 is 0 Å². The summed E-state index contributed by atoms with van der Waals surface area (Å²) < 4.78 is 1.22. The second-order valence-corrected chi connectivity index (χ2v) is 6.22. The minimum absolute atomic E-state index is 0.0563. The standard InChI is InChI=1S/C22H16N2O3/c25-20(15-8-2-1-3-9-15)14-16-10-4-7-13-19(16)24-22(27)18-12-6-5-11-17(18)21(26)23-24/h1-13H,14H2,(H,23,26). The SMILES string of the molecule is O=C(Cc1ccccc1-n1[nH]c(=O)c2ccccc2c1=O)c1ccccc1. The third-order valence-electron chi connectivity index (χ3n) is 4.50. The number of hydrogen-bond acceptors (Lipinski definition) is 3. The number of aromatic nitrogens is 2. The highest BCUT2D eigenvalue weighted by molar-refractivity contribution is 5.97. The van der Waals surface area contributed by atoms with Crippen LogP contribution in [0, 0.1) is 0 Å². The molecule has 0 aliphatic carbocycles. The van der Waals surface area contributed by atoms with E-state index in [-0.39, 0.29) is 23.3 Å². The summed E-state index contributed by atoms with van der Waals surface area (Å²) in [5.41, 5.74) is 1.08. The second-order valence-electron chi connectivity index (χ2n) is 6.22. The number of ketones is 1. The molecule has 0 atom stereocenters. The Morgan fingerprint density at radius 2 is 1.41 bits per heavy atom. The molecule has 0 radical (unpaired) electrons. The maximum Gasteiger partial charge on any atom is 0.277 e. The van der Waals surface area contributed by atoms with E-state index in [4.69, 9.17) is 0 Å². The summed E-state index contributed by atoms with van der Waals surface area (Å²) in [6.07, 6.45) is 0.126. The fraction of sp³-hybridized carbons (Fsp3) is 0.0455. The molecule has 0 aliphatic rings. The van der Waals surface area contributed by atoms with Crippen molar-refractivity contribution < 1.29 is 4.79 Å². The Hall–Kier alpha value is -3.73. The average molecular weight is 356 g/mol. The fourth-order valence-corrected chi connectivity index (χ4v) is 3.15. The van der Waals surface area contributed by atoms with Gasteiger partial charge >= 0.3 is 0 Å². The van der Waals surface area contributed by atoms with Gasteiger partial charge in [-0.25, -0.2) is 4.68 Å². The van der Waals surface area contributed by atoms with Crippen molar-refractivity contribution in [1.82, 2.24) is 9.78 Å². The number of nitrogens with zero attached hydrogens (tertiary/aromatic N) is 1. The first kappa shape index (κ1) is 16.7. The molecule has 4 aromatic rings. The van der Waals surface area contributed by atoms with Gasteiger partial charge in [0.25, 0.3) is 11.1 Å². The van der Waals surface area contributed by atoms with Crippen molar-refractivity contribution in [3.63, 3.8) is 0 Å². The quantitative estimate of drug-likeness (QED) is 0.571. The van der Waals surface area contributed by atoms with Crippen molar-refractivity contribution in [2.75, 3.05) is 0 Å². The number of carbonyl (C=O) groups is 1. The Morgan fingerprint density at radius 3 is 2.19 bits per heavy atom. The van der Waals surface area contributed by atoms with Crippen molar-refractivity contribution in [2.24, 2.45) is 0 Å². The van der Waals surface area contributed by atoms with E-state index in [0.29, 0.717) is 27.6 Å². The summed E-state index contributed by atoms with van der Waals surface area (Å²) in [5.74, 6) is -0.0563. The van der Waals surface area contributed by atoms with Gasteiger partial charge in [0, 0.05) is 12.0 Å². The van der Waals surface area contributed by atoms with Gasteiger partial charge in [0.15, 0.2) is 5.78 Å². The van der Waals surface area contributed by atoms with Crippen LogP contribution in [0.1, 0.15) is 15.9 Å². The number of H-pyrrole nitrogens is 1. The third-order valence-corrected chi connectivity index (χ3v) is 4.50. The van der Waals surface area contributed by atoms with Crippen molar-refractivity contribution in [3.8, 4) is 5.69 Å². The van der Waals surface area contributed by atoms with Gasteiger partial charge in [-0.2, -0.15) is 0 Å². The van der Waals surface area contributed by atoms with E-state index in [9.17, 15) is 14.4 Å². The normalized spacial score (nSPS) is 10.8. The van der Waals surface area contributed by atoms with Crippen LogP contribution in [-0.2, 0) is 6.42 Å². The van der Waals surface area contributed by atoms with Crippen molar-refractivity contribution >= 4 is 16.6 Å². The number of benzene rings is 3. The highest BCUT2D eigenvalue weighted by Crippen LogP contribution is 2.16. The number of fused-ring (bicyclic) bond motifs is 1. The van der Waals surface area contributed by atoms with Crippen LogP contribution in [-0.4, -0.2) is 15.6 Å². The summed E-state index contributed by atoms with van der Waals surface area (Å²) in [7, 11) is 0. The highest BCUT2D eigenvalue weighted by Gasteiger charge is 2.14. The average Bonchev–Trinajstić information content (AvgIpc) is 2.72. The van der Waals surface area contributed by atoms with E-state index in [1.807, 2.05) is 18.2 Å². The Balaban J connectivity index is 1.84. The number of aromatic amines is 1. The number of hydrogen-bond donors (Lipinski definition) is 1. The van der Waals surface area contributed by atoms with Crippen molar-refractivity contribution in [2.45, 2.75) is 6.42 Å². The lowest BCUT2D eigenvalue weighted by Crippen LogP contribution is -2.29. The first-order valence-electron chi connectivity index (χ1n) is 8.56. The van der Waals surface area contributed by atoms with Crippen LogP contribution in [0.4, 0.5) is 0 Å². The summed E-state index contributed by atoms with van der Waals surface area (Å²) >= 11 is 0. The maximum atomic E-state index is 12.9. The van der Waals surface area contributed by atoms with Gasteiger partial charge in [0.2, 0.25) is 0 Å². The number of carbonyl (C=O) groups excluding carboxylic acids is 1. The molecule has 1 N–H and O–H groups in total. The molecule has 0 fully saturated rings. The topological polar surface area (TPSA) is 71.9 Å². The molecule has 5 heteroatoms. The number of para-hydroxylation sites is 1. The molecule has 27 heavy (non-hydrogen) atoms. The van der Waals surface area contributed by atoms with Gasteiger partial charge < -0.3 is 0 Å². The van der Waals surface area contributed by atoms with E-state index < -0.39 is 0 Å². The lowest BCUT2D eigenvalue weighted by atomic mass is 10.0. The monoisotopic (exact) mass is 356 g/mol. The van der Waals surface area contributed by atoms with Crippen LogP contribution >= 0.6 is 0 Å². The van der Waals surface area contributed by atoms with Crippen LogP contribution in [0.5, 0.6) is 0 Å². The Bertz CT molecular complexity index is 1250. The zero-order valence-electron chi connectivity index (χ0n) is 14.4. The smallest absolute Gasteiger partial charge is 0.277 e. The summed E-state index contributed by atoms with van der Waals surface area (Å²) in [6, 6.07) is 22.8. The van der Waals surface area contributed by atoms with Gasteiger partial charge in [-0.15, -0.1) is 0 Å². The lowest BCUT2D eigenvalue weighted by Gasteiger charge is -2.12. The molecule has 0 unspecified atom stereocenters. The number of rotatable bonds is 4. The molecule has 4 rings (SSSR count). The van der Waals surface area contributed by atoms with E-state index in [2.05, 4.69) is 5.10 Å². The molecule has 1 aromatic heterocycles. The predicted octanol–water partition coefficient (Wildman–Crippen LogP) is 3.10. The third kappa shape index (κ3) is 3.11. The molecule has 0 amide bonds. The van der Waals surface area contributed by atoms with E-state index in [1.165, 1.54) is 4.68 Å². The molecule has 0 spiro atoms. The lowest BCUT2D eigenvalue weighted by molar-refractivity contribution is 0.0993. The van der Waals surface area contributed by atoms with Crippen molar-refractivity contribution in [1.29, 1.82) is 0 Å². The molecule has 0 saturated carbocycles. The first-order valence-corrected chi connectivity index (χ1v) is 8.56. The Labute approximate surface area is 154 Å². The highest BCUT2D eigenvalue weighted by atomic mass is 16.2.